The van der Waals surface area contributed by atoms with E-state index in [1.54, 1.807) is 0 Å². The summed E-state index contributed by atoms with van der Waals surface area (Å²) in [5.74, 6) is 0.975. The summed E-state index contributed by atoms with van der Waals surface area (Å²) in [6.07, 6.45) is 6.06. The van der Waals surface area contributed by atoms with Crippen molar-refractivity contribution in [2.45, 2.75) is 33.1 Å². The molecule has 0 bridgehead atoms. The van der Waals surface area contributed by atoms with Crippen molar-refractivity contribution in [3.63, 3.8) is 0 Å². The minimum atomic E-state index is 0.104. The maximum absolute atomic E-state index is 4.59. The van der Waals surface area contributed by atoms with Crippen LogP contribution in [0, 0.1) is 0 Å². The zero-order valence-electron chi connectivity index (χ0n) is 10.3. The molecule has 2 nitrogen and oxygen atoms in total. The Bertz CT molecular complexity index is 389. The molecule has 0 atom stereocenters. The molecular formula is C13H20N2. The molecule has 1 aromatic rings. The minimum absolute atomic E-state index is 0.104. The molecular weight excluding hydrogens is 184 g/mol. The third-order valence-electron chi connectivity index (χ3n) is 2.20. The van der Waals surface area contributed by atoms with E-state index in [1.165, 1.54) is 0 Å². The summed E-state index contributed by atoms with van der Waals surface area (Å²) in [7, 11) is 2.01. The van der Waals surface area contributed by atoms with Crippen LogP contribution in [0.15, 0.2) is 24.4 Å². The molecule has 0 saturated carbocycles. The lowest BCUT2D eigenvalue weighted by Crippen LogP contribution is -2.11. The summed E-state index contributed by atoms with van der Waals surface area (Å²) >= 11 is 0. The highest BCUT2D eigenvalue weighted by atomic mass is 15.0. The maximum Gasteiger partial charge on any atom is 0.132 e. The van der Waals surface area contributed by atoms with E-state index in [1.807, 2.05) is 30.7 Å². The highest BCUT2D eigenvalue weighted by Crippen LogP contribution is 2.21. The fourth-order valence-electron chi connectivity index (χ4n) is 1.21. The molecule has 0 saturated heterocycles. The van der Waals surface area contributed by atoms with Crippen molar-refractivity contribution in [2.75, 3.05) is 0 Å². The van der Waals surface area contributed by atoms with Gasteiger partial charge in [0, 0.05) is 18.7 Å². The van der Waals surface area contributed by atoms with E-state index in [9.17, 15) is 0 Å². The number of nitrogens with zero attached hydrogens (tertiary/aromatic N) is 2. The molecule has 0 aromatic carbocycles. The van der Waals surface area contributed by atoms with E-state index in [0.717, 1.165) is 17.1 Å². The Labute approximate surface area is 92.3 Å². The van der Waals surface area contributed by atoms with Gasteiger partial charge in [-0.05, 0) is 13.0 Å². The van der Waals surface area contributed by atoms with E-state index in [-0.39, 0.29) is 5.41 Å². The first kappa shape index (κ1) is 11.8. The molecule has 0 aliphatic heterocycles. The summed E-state index contributed by atoms with van der Waals surface area (Å²) in [5.41, 5.74) is 2.26. The lowest BCUT2D eigenvalue weighted by atomic mass is 9.93. The topological polar surface area (TPSA) is 17.8 Å². The van der Waals surface area contributed by atoms with Crippen molar-refractivity contribution in [1.82, 2.24) is 9.55 Å². The summed E-state index contributed by atoms with van der Waals surface area (Å²) in [4.78, 5) is 4.59. The van der Waals surface area contributed by atoms with E-state index < -0.39 is 0 Å². The lowest BCUT2D eigenvalue weighted by molar-refractivity contribution is 0.571. The molecule has 15 heavy (non-hydrogen) atoms. The summed E-state index contributed by atoms with van der Waals surface area (Å²) < 4.78 is 2.04. The Balaban J connectivity index is 3.02. The molecule has 82 valence electrons. The van der Waals surface area contributed by atoms with Crippen LogP contribution >= 0.6 is 0 Å². The first-order valence-electron chi connectivity index (χ1n) is 5.18. The molecule has 2 heteroatoms. The number of aryl methyl sites for hydroxylation is 1. The molecule has 0 N–H and O–H groups in total. The second-order valence-corrected chi connectivity index (χ2v) is 5.02. The number of imidazole rings is 1. The van der Waals surface area contributed by atoms with Gasteiger partial charge in [0.15, 0.2) is 0 Å². The monoisotopic (exact) mass is 204 g/mol. The predicted molar refractivity (Wildman–Crippen MR) is 65.8 cm³/mol. The van der Waals surface area contributed by atoms with Gasteiger partial charge in [0.25, 0.3) is 0 Å². The van der Waals surface area contributed by atoms with Gasteiger partial charge in [-0.1, -0.05) is 39.0 Å². The highest BCUT2D eigenvalue weighted by Gasteiger charge is 2.17. The SMILES string of the molecule is C=C(C)/C=C\c1nc(C(C)(C)C)cn1C. The van der Waals surface area contributed by atoms with Crippen molar-refractivity contribution >= 4 is 6.08 Å². The largest absolute Gasteiger partial charge is 0.334 e. The summed E-state index contributed by atoms with van der Waals surface area (Å²) in [5, 5.41) is 0. The Morgan fingerprint density at radius 3 is 2.47 bits per heavy atom. The number of hydrogen-bond acceptors (Lipinski definition) is 1. The van der Waals surface area contributed by atoms with E-state index in [4.69, 9.17) is 0 Å². The average molecular weight is 204 g/mol. The first-order valence-corrected chi connectivity index (χ1v) is 5.18. The molecule has 0 amide bonds. The molecule has 0 fully saturated rings. The van der Waals surface area contributed by atoms with Crippen LogP contribution in [0.2, 0.25) is 0 Å². The van der Waals surface area contributed by atoms with Crippen LogP contribution in [0.4, 0.5) is 0 Å². The van der Waals surface area contributed by atoms with Crippen LogP contribution < -0.4 is 0 Å². The van der Waals surface area contributed by atoms with E-state index in [0.29, 0.717) is 0 Å². The van der Waals surface area contributed by atoms with Gasteiger partial charge in [0.1, 0.15) is 5.82 Å². The van der Waals surface area contributed by atoms with Crippen molar-refractivity contribution in [2.24, 2.45) is 7.05 Å². The predicted octanol–water partition coefficient (Wildman–Crippen LogP) is 3.31. The Morgan fingerprint density at radius 1 is 1.47 bits per heavy atom. The zero-order valence-corrected chi connectivity index (χ0v) is 10.3. The molecule has 1 rings (SSSR count). The Hall–Kier alpha value is -1.31. The molecule has 0 radical (unpaired) electrons. The lowest BCUT2D eigenvalue weighted by Gasteiger charge is -2.13. The van der Waals surface area contributed by atoms with Crippen LogP contribution in [0.1, 0.15) is 39.2 Å². The minimum Gasteiger partial charge on any atom is -0.334 e. The normalized spacial score (nSPS) is 12.3. The van der Waals surface area contributed by atoms with Crippen molar-refractivity contribution in [1.29, 1.82) is 0 Å². The molecule has 0 spiro atoms. The smallest absolute Gasteiger partial charge is 0.132 e. The summed E-state index contributed by atoms with van der Waals surface area (Å²) in [6, 6.07) is 0. The zero-order chi connectivity index (χ0) is 11.6. The highest BCUT2D eigenvalue weighted by molar-refractivity contribution is 5.46. The van der Waals surface area contributed by atoms with Gasteiger partial charge in [-0.2, -0.15) is 0 Å². The van der Waals surface area contributed by atoms with Crippen molar-refractivity contribution in [3.05, 3.63) is 35.9 Å². The van der Waals surface area contributed by atoms with Crippen molar-refractivity contribution in [3.8, 4) is 0 Å². The van der Waals surface area contributed by atoms with Crippen LogP contribution in [0.3, 0.4) is 0 Å². The van der Waals surface area contributed by atoms with Gasteiger partial charge < -0.3 is 4.57 Å². The number of aromatic nitrogens is 2. The standard InChI is InChI=1S/C13H20N2/c1-10(2)7-8-12-14-11(9-15(12)6)13(3,4)5/h7-9H,1H2,2-6H3/b8-7-. The van der Waals surface area contributed by atoms with Crippen LogP contribution in [-0.2, 0) is 12.5 Å². The molecule has 1 heterocycles. The van der Waals surface area contributed by atoms with Gasteiger partial charge in [0.2, 0.25) is 0 Å². The summed E-state index contributed by atoms with van der Waals surface area (Å²) in [6.45, 7) is 12.3. The average Bonchev–Trinajstić information content (AvgIpc) is 2.42. The molecule has 1 aromatic heterocycles. The van der Waals surface area contributed by atoms with Gasteiger partial charge in [-0.3, -0.25) is 0 Å². The Kier molecular flexibility index (Phi) is 3.18. The fourth-order valence-corrected chi connectivity index (χ4v) is 1.21. The van der Waals surface area contributed by atoms with Gasteiger partial charge in [-0.25, -0.2) is 4.98 Å². The quantitative estimate of drug-likeness (QED) is 0.676. The van der Waals surface area contributed by atoms with E-state index >= 15 is 0 Å². The molecule has 0 aliphatic carbocycles. The third-order valence-corrected chi connectivity index (χ3v) is 2.20. The fraction of sp³-hybridized carbons (Fsp3) is 0.462. The van der Waals surface area contributed by atoms with Gasteiger partial charge >= 0.3 is 0 Å². The first-order chi connectivity index (χ1) is 6.80. The van der Waals surface area contributed by atoms with E-state index in [2.05, 4.69) is 38.5 Å². The number of rotatable bonds is 2. The molecule has 0 aliphatic rings. The van der Waals surface area contributed by atoms with Gasteiger partial charge in [-0.15, -0.1) is 0 Å². The Morgan fingerprint density at radius 2 is 2.07 bits per heavy atom. The van der Waals surface area contributed by atoms with Crippen LogP contribution in [-0.4, -0.2) is 9.55 Å². The van der Waals surface area contributed by atoms with Crippen molar-refractivity contribution < 1.29 is 0 Å². The second kappa shape index (κ2) is 4.05. The number of allylic oxidation sites excluding steroid dienone is 2. The second-order valence-electron chi connectivity index (χ2n) is 5.02. The molecule has 0 unspecified atom stereocenters. The third kappa shape index (κ3) is 3.08. The van der Waals surface area contributed by atoms with Crippen LogP contribution in [0.25, 0.3) is 6.08 Å². The number of hydrogen-bond donors (Lipinski definition) is 0. The van der Waals surface area contributed by atoms with Gasteiger partial charge in [0.05, 0.1) is 5.69 Å². The van der Waals surface area contributed by atoms with Crippen LogP contribution in [0.5, 0.6) is 0 Å². The maximum atomic E-state index is 4.59.